The summed E-state index contributed by atoms with van der Waals surface area (Å²) in [6, 6.07) is 68.1. The Morgan fingerprint density at radius 2 is 1.33 bits per heavy atom. The number of anilines is 3. The smallest absolute Gasteiger partial charge is 0.135 e. The van der Waals surface area contributed by atoms with Crippen LogP contribution in [-0.4, -0.2) is 13.1 Å². The van der Waals surface area contributed by atoms with Crippen LogP contribution in [0.4, 0.5) is 21.5 Å². The predicted molar refractivity (Wildman–Crippen MR) is 215 cm³/mol. The van der Waals surface area contributed by atoms with E-state index in [4.69, 9.17) is 4.42 Å². The zero-order valence-corrected chi connectivity index (χ0v) is 31.4. The van der Waals surface area contributed by atoms with Gasteiger partial charge in [0.25, 0.3) is 0 Å². The summed E-state index contributed by atoms with van der Waals surface area (Å²) in [6.45, 7) is 0. The second-order valence-corrected chi connectivity index (χ2v) is 17.0. The SMILES string of the molecule is FC(c1[c-]c(-c2ccccn2)ccc1)c1[c-]c(N2c3[c-]cccc3[Si](c3ccccc3)(c3ccccc3)c3c2ccc2oc4ccccc4c32)ccc1.[Pd]. The summed E-state index contributed by atoms with van der Waals surface area (Å²) in [4.78, 5) is 6.67. The van der Waals surface area contributed by atoms with Crippen molar-refractivity contribution in [2.24, 2.45) is 0 Å². The number of hydrogen-bond donors (Lipinski definition) is 0. The molecule has 0 spiro atoms. The van der Waals surface area contributed by atoms with Gasteiger partial charge in [-0.1, -0.05) is 118 Å². The van der Waals surface area contributed by atoms with E-state index in [2.05, 4.69) is 125 Å². The molecular formula is C48H30FN2OPdSi-3. The van der Waals surface area contributed by atoms with E-state index in [-0.39, 0.29) is 20.4 Å². The fourth-order valence-corrected chi connectivity index (χ4v) is 13.4. The molecule has 9 aromatic rings. The van der Waals surface area contributed by atoms with E-state index in [0.717, 1.165) is 50.3 Å². The third kappa shape index (κ3) is 5.29. The van der Waals surface area contributed by atoms with Gasteiger partial charge in [-0.25, -0.2) is 4.39 Å². The minimum absolute atomic E-state index is 0. The molecule has 3 nitrogen and oxygen atoms in total. The van der Waals surface area contributed by atoms with Gasteiger partial charge in [0.2, 0.25) is 0 Å². The van der Waals surface area contributed by atoms with Gasteiger partial charge in [0.1, 0.15) is 25.4 Å². The largest absolute Gasteiger partial charge is 0.456 e. The number of hydrogen-bond acceptors (Lipinski definition) is 3. The molecule has 3 heterocycles. The number of halogens is 1. The molecule has 2 aromatic heterocycles. The zero-order valence-electron chi connectivity index (χ0n) is 28.8. The molecule has 0 bridgehead atoms. The van der Waals surface area contributed by atoms with E-state index in [1.165, 1.54) is 20.7 Å². The molecule has 1 aliphatic rings. The van der Waals surface area contributed by atoms with Crippen molar-refractivity contribution in [2.45, 2.75) is 6.17 Å². The van der Waals surface area contributed by atoms with Gasteiger partial charge in [0, 0.05) is 43.1 Å². The fourth-order valence-electron chi connectivity index (χ4n) is 8.16. The molecule has 1 aliphatic heterocycles. The summed E-state index contributed by atoms with van der Waals surface area (Å²) in [7, 11) is -3.05. The number of benzene rings is 7. The first-order chi connectivity index (χ1) is 26.2. The van der Waals surface area contributed by atoms with Gasteiger partial charge >= 0.3 is 0 Å². The number of furan rings is 1. The summed E-state index contributed by atoms with van der Waals surface area (Å²) in [5.74, 6) is 0. The molecule has 0 saturated carbocycles. The van der Waals surface area contributed by atoms with Gasteiger partial charge in [-0.2, -0.15) is 42.5 Å². The van der Waals surface area contributed by atoms with Gasteiger partial charge in [0.15, 0.2) is 0 Å². The van der Waals surface area contributed by atoms with E-state index in [9.17, 15) is 0 Å². The first-order valence-corrected chi connectivity index (χ1v) is 19.7. The predicted octanol–water partition coefficient (Wildman–Crippen LogP) is 9.27. The molecule has 0 amide bonds. The maximum absolute atomic E-state index is 16.7. The van der Waals surface area contributed by atoms with Crippen LogP contribution in [0.5, 0.6) is 0 Å². The van der Waals surface area contributed by atoms with Crippen molar-refractivity contribution in [3.8, 4) is 11.3 Å². The van der Waals surface area contributed by atoms with Crippen molar-refractivity contribution in [3.05, 3.63) is 205 Å². The number of aromatic nitrogens is 1. The van der Waals surface area contributed by atoms with Gasteiger partial charge < -0.3 is 14.3 Å². The van der Waals surface area contributed by atoms with Crippen molar-refractivity contribution in [1.29, 1.82) is 0 Å². The Balaban J connectivity index is 0.00000384. The monoisotopic (exact) mass is 803 g/mol. The van der Waals surface area contributed by atoms with E-state index in [1.807, 2.05) is 60.7 Å². The summed E-state index contributed by atoms with van der Waals surface area (Å²) < 4.78 is 23.3. The number of para-hydroxylation sites is 2. The molecule has 10 rings (SSSR count). The van der Waals surface area contributed by atoms with Gasteiger partial charge in [-0.05, 0) is 35.1 Å². The molecule has 0 N–H and O–H groups in total. The molecule has 1 unspecified atom stereocenters. The van der Waals surface area contributed by atoms with Crippen LogP contribution in [0.25, 0.3) is 33.2 Å². The summed E-state index contributed by atoms with van der Waals surface area (Å²) in [5.41, 5.74) is 6.69. The number of rotatable bonds is 6. The van der Waals surface area contributed by atoms with Crippen LogP contribution in [0.2, 0.25) is 0 Å². The minimum Gasteiger partial charge on any atom is -0.456 e. The number of fused-ring (bicyclic) bond motifs is 6. The molecular weight excluding hydrogens is 774 g/mol. The first kappa shape index (κ1) is 33.9. The zero-order chi connectivity index (χ0) is 35.4. The fraction of sp³-hybridized carbons (Fsp3) is 0.0208. The Labute approximate surface area is 328 Å². The van der Waals surface area contributed by atoms with Crippen LogP contribution >= 0.6 is 0 Å². The average molecular weight is 804 g/mol. The summed E-state index contributed by atoms with van der Waals surface area (Å²) >= 11 is 0. The maximum Gasteiger partial charge on any atom is 0.135 e. The van der Waals surface area contributed by atoms with Crippen LogP contribution in [0.3, 0.4) is 0 Å². The van der Waals surface area contributed by atoms with E-state index in [1.54, 1.807) is 18.3 Å². The average Bonchev–Trinajstić information content (AvgIpc) is 3.62. The van der Waals surface area contributed by atoms with Crippen molar-refractivity contribution in [2.75, 3.05) is 4.90 Å². The topological polar surface area (TPSA) is 29.3 Å². The van der Waals surface area contributed by atoms with E-state index < -0.39 is 14.2 Å². The second kappa shape index (κ2) is 13.8. The molecule has 0 fully saturated rings. The molecule has 262 valence electrons. The number of nitrogens with zero attached hydrogens (tertiary/aromatic N) is 2. The van der Waals surface area contributed by atoms with Crippen LogP contribution < -0.4 is 25.6 Å². The standard InChI is InChI=1S/C48H30FN2OSi.Pd/c49-47(34-16-13-15-33(31-34)40-24-11-12-30-50-40)35-17-14-18-36(32-35)51-41-25-8-10-27-45(41)53(37-19-3-1-4-20-37,38-21-5-2-6-22-38)48-42(51)28-29-44-46(48)39-23-7-9-26-43(39)52-44;/h1-24,26-30,47H;/q-3;. The Bertz CT molecular complexity index is 2730. The Morgan fingerprint density at radius 1 is 0.630 bits per heavy atom. The molecule has 0 radical (unpaired) electrons. The third-order valence-corrected chi connectivity index (χ3v) is 15.2. The van der Waals surface area contributed by atoms with Gasteiger partial charge in [-0.3, -0.25) is 0 Å². The van der Waals surface area contributed by atoms with Crippen LogP contribution in [0, 0.1) is 18.2 Å². The Kier molecular flexibility index (Phi) is 8.68. The van der Waals surface area contributed by atoms with Crippen molar-refractivity contribution < 1.29 is 29.2 Å². The number of pyridine rings is 1. The quantitative estimate of drug-likeness (QED) is 0.124. The Hall–Kier alpha value is -5.90. The van der Waals surface area contributed by atoms with Crippen molar-refractivity contribution in [3.63, 3.8) is 0 Å². The first-order valence-electron chi connectivity index (χ1n) is 17.7. The van der Waals surface area contributed by atoms with E-state index >= 15 is 4.39 Å². The normalized spacial score (nSPS) is 13.5. The Morgan fingerprint density at radius 3 is 2.09 bits per heavy atom. The molecule has 7 aromatic carbocycles. The van der Waals surface area contributed by atoms with E-state index in [0.29, 0.717) is 11.1 Å². The van der Waals surface area contributed by atoms with Crippen LogP contribution in [0.15, 0.2) is 180 Å². The molecule has 54 heavy (non-hydrogen) atoms. The van der Waals surface area contributed by atoms with Crippen LogP contribution in [-0.2, 0) is 20.4 Å². The van der Waals surface area contributed by atoms with Crippen molar-refractivity contribution in [1.82, 2.24) is 4.98 Å². The van der Waals surface area contributed by atoms with Gasteiger partial charge in [0.05, 0.1) is 0 Å². The molecule has 1 atom stereocenters. The third-order valence-electron chi connectivity index (χ3n) is 10.4. The second-order valence-electron chi connectivity index (χ2n) is 13.3. The molecule has 6 heteroatoms. The summed E-state index contributed by atoms with van der Waals surface area (Å²) in [6.07, 6.45) is 0.281. The molecule has 0 saturated heterocycles. The van der Waals surface area contributed by atoms with Crippen LogP contribution in [0.1, 0.15) is 17.3 Å². The summed E-state index contributed by atoms with van der Waals surface area (Å²) in [5, 5.41) is 7.09. The van der Waals surface area contributed by atoms with Crippen molar-refractivity contribution >= 4 is 67.8 Å². The van der Waals surface area contributed by atoms with Gasteiger partial charge in [-0.15, -0.1) is 46.6 Å². The maximum atomic E-state index is 16.7. The minimum atomic E-state index is -3.05. The molecule has 0 aliphatic carbocycles. The number of alkyl halides is 1.